The molecule has 7 nitrogen and oxygen atoms in total. The molecule has 0 aliphatic heterocycles. The number of hydrogen-bond acceptors (Lipinski definition) is 4. The van der Waals surface area contributed by atoms with E-state index in [4.69, 9.17) is 0 Å². The van der Waals surface area contributed by atoms with Gasteiger partial charge in [0.1, 0.15) is 17.5 Å². The van der Waals surface area contributed by atoms with Crippen molar-refractivity contribution in [3.8, 4) is 5.69 Å². The summed E-state index contributed by atoms with van der Waals surface area (Å²) < 4.78 is 16.5. The van der Waals surface area contributed by atoms with Gasteiger partial charge in [-0.2, -0.15) is 10.2 Å². The number of carbonyl (C=O) groups excluding carboxylic acids is 1. The summed E-state index contributed by atoms with van der Waals surface area (Å²) >= 11 is 0. The Hall–Kier alpha value is -3.03. The van der Waals surface area contributed by atoms with Gasteiger partial charge in [0.25, 0.3) is 0 Å². The van der Waals surface area contributed by atoms with E-state index in [-0.39, 0.29) is 17.6 Å². The zero-order valence-corrected chi connectivity index (χ0v) is 15.9. The van der Waals surface area contributed by atoms with Crippen molar-refractivity contribution >= 4 is 5.91 Å². The van der Waals surface area contributed by atoms with Crippen LogP contribution in [-0.2, 0) is 17.9 Å². The summed E-state index contributed by atoms with van der Waals surface area (Å²) in [6, 6.07) is 6.10. The van der Waals surface area contributed by atoms with Gasteiger partial charge in [0.15, 0.2) is 0 Å². The summed E-state index contributed by atoms with van der Waals surface area (Å²) in [5.74, 6) is 1.02. The van der Waals surface area contributed by atoms with Crippen molar-refractivity contribution in [1.82, 2.24) is 29.4 Å². The Kier molecular flexibility index (Phi) is 5.34. The predicted molar refractivity (Wildman–Crippen MR) is 98.7 cm³/mol. The first-order valence-electron chi connectivity index (χ1n) is 8.76. The minimum Gasteiger partial charge on any atom is -0.341 e. The molecule has 0 spiro atoms. The van der Waals surface area contributed by atoms with Gasteiger partial charge in [-0.3, -0.25) is 4.79 Å². The summed E-state index contributed by atoms with van der Waals surface area (Å²) in [4.78, 5) is 18.6. The van der Waals surface area contributed by atoms with E-state index >= 15 is 0 Å². The smallest absolute Gasteiger partial charge is 0.227 e. The minimum absolute atomic E-state index is 0.0251. The predicted octanol–water partition coefficient (Wildman–Crippen LogP) is 2.51. The fourth-order valence-corrected chi connectivity index (χ4v) is 2.98. The van der Waals surface area contributed by atoms with Gasteiger partial charge in [0, 0.05) is 25.4 Å². The van der Waals surface area contributed by atoms with Gasteiger partial charge < -0.3 is 4.90 Å². The number of carbonyl (C=O) groups is 1. The van der Waals surface area contributed by atoms with Gasteiger partial charge in [-0.15, -0.1) is 0 Å². The van der Waals surface area contributed by atoms with Crippen molar-refractivity contribution in [2.24, 2.45) is 5.92 Å². The largest absolute Gasteiger partial charge is 0.341 e. The normalized spacial score (nSPS) is 12.2. The van der Waals surface area contributed by atoms with Gasteiger partial charge >= 0.3 is 0 Å². The molecule has 0 fully saturated rings. The molecule has 0 radical (unpaired) electrons. The van der Waals surface area contributed by atoms with Crippen LogP contribution in [0.15, 0.2) is 36.7 Å². The lowest BCUT2D eigenvalue weighted by molar-refractivity contribution is -0.134. The number of aryl methyl sites for hydroxylation is 2. The van der Waals surface area contributed by atoms with Crippen LogP contribution in [0, 0.1) is 25.6 Å². The van der Waals surface area contributed by atoms with Crippen LogP contribution in [0.4, 0.5) is 4.39 Å². The molecule has 27 heavy (non-hydrogen) atoms. The Morgan fingerprint density at radius 3 is 2.59 bits per heavy atom. The van der Waals surface area contributed by atoms with Crippen LogP contribution in [0.1, 0.15) is 24.1 Å². The first-order valence-corrected chi connectivity index (χ1v) is 8.76. The molecule has 3 rings (SSSR count). The Morgan fingerprint density at radius 2 is 1.96 bits per heavy atom. The molecule has 142 valence electrons. The summed E-state index contributed by atoms with van der Waals surface area (Å²) in [6.45, 7) is 6.54. The van der Waals surface area contributed by atoms with Crippen molar-refractivity contribution in [2.45, 2.75) is 33.9 Å². The van der Waals surface area contributed by atoms with Gasteiger partial charge in [-0.1, -0.05) is 6.92 Å². The van der Waals surface area contributed by atoms with Gasteiger partial charge in [0.2, 0.25) is 5.91 Å². The highest BCUT2D eigenvalue weighted by molar-refractivity contribution is 5.78. The molecular weight excluding hydrogens is 347 g/mol. The van der Waals surface area contributed by atoms with Crippen LogP contribution in [0.5, 0.6) is 0 Å². The van der Waals surface area contributed by atoms with E-state index in [2.05, 4.69) is 15.2 Å². The fraction of sp³-hybridized carbons (Fsp3) is 0.368. The molecule has 0 saturated heterocycles. The van der Waals surface area contributed by atoms with Crippen LogP contribution in [-0.4, -0.2) is 42.4 Å². The molecule has 0 aliphatic rings. The first kappa shape index (κ1) is 18.8. The number of benzene rings is 1. The fourth-order valence-electron chi connectivity index (χ4n) is 2.98. The van der Waals surface area contributed by atoms with E-state index in [1.54, 1.807) is 39.6 Å². The third kappa shape index (κ3) is 4.39. The molecule has 1 unspecified atom stereocenters. The van der Waals surface area contributed by atoms with Gasteiger partial charge in [-0.05, 0) is 38.1 Å². The number of amides is 1. The zero-order chi connectivity index (χ0) is 19.6. The Balaban J connectivity index is 1.62. The maximum Gasteiger partial charge on any atom is 0.227 e. The van der Waals surface area contributed by atoms with Crippen LogP contribution in [0.25, 0.3) is 5.69 Å². The van der Waals surface area contributed by atoms with Crippen molar-refractivity contribution < 1.29 is 9.18 Å². The van der Waals surface area contributed by atoms with Crippen LogP contribution in [0.3, 0.4) is 0 Å². The van der Waals surface area contributed by atoms with Crippen LogP contribution in [0.2, 0.25) is 0 Å². The van der Waals surface area contributed by atoms with Crippen molar-refractivity contribution in [2.75, 3.05) is 7.05 Å². The SMILES string of the molecule is Cc1nc(C)n(CC(C)C(=O)N(C)Cc2cnn(-c3ccc(F)cc3)c2)n1. The standard InChI is InChI=1S/C19H23FN6O/c1-13(10-25-15(3)22-14(2)23-25)19(27)24(4)11-16-9-21-26(12-16)18-7-5-17(20)6-8-18/h5-9,12-13H,10-11H2,1-4H3. The van der Waals surface area contributed by atoms with Gasteiger partial charge in [0.05, 0.1) is 24.3 Å². The average Bonchev–Trinajstić information content (AvgIpc) is 3.21. The zero-order valence-electron chi connectivity index (χ0n) is 15.9. The highest BCUT2D eigenvalue weighted by atomic mass is 19.1. The lowest BCUT2D eigenvalue weighted by Gasteiger charge is -2.21. The second-order valence-electron chi connectivity index (χ2n) is 6.75. The molecule has 1 aromatic carbocycles. The summed E-state index contributed by atoms with van der Waals surface area (Å²) in [5, 5.41) is 8.60. The maximum absolute atomic E-state index is 13.0. The molecule has 0 N–H and O–H groups in total. The summed E-state index contributed by atoms with van der Waals surface area (Å²) in [6.07, 6.45) is 3.55. The van der Waals surface area contributed by atoms with E-state index in [1.807, 2.05) is 27.0 Å². The monoisotopic (exact) mass is 370 g/mol. The van der Waals surface area contributed by atoms with Crippen molar-refractivity contribution in [1.29, 1.82) is 0 Å². The molecule has 0 bridgehead atoms. The van der Waals surface area contributed by atoms with Crippen LogP contribution < -0.4 is 0 Å². The second-order valence-corrected chi connectivity index (χ2v) is 6.75. The summed E-state index contributed by atoms with van der Waals surface area (Å²) in [7, 11) is 1.77. The quantitative estimate of drug-likeness (QED) is 0.669. The highest BCUT2D eigenvalue weighted by Gasteiger charge is 2.20. The molecular formula is C19H23FN6O. The molecule has 0 saturated carbocycles. The Labute approximate surface area is 157 Å². The first-order chi connectivity index (χ1) is 12.8. The minimum atomic E-state index is -0.289. The summed E-state index contributed by atoms with van der Waals surface area (Å²) in [5.41, 5.74) is 1.66. The molecule has 2 heterocycles. The molecule has 2 aromatic heterocycles. The lowest BCUT2D eigenvalue weighted by atomic mass is 10.1. The second kappa shape index (κ2) is 7.69. The third-order valence-electron chi connectivity index (χ3n) is 4.35. The number of nitrogens with zero attached hydrogens (tertiary/aromatic N) is 6. The molecule has 3 aromatic rings. The Bertz CT molecular complexity index is 930. The van der Waals surface area contributed by atoms with Gasteiger partial charge in [-0.25, -0.2) is 18.7 Å². The molecule has 1 atom stereocenters. The van der Waals surface area contributed by atoms with E-state index in [1.165, 1.54) is 12.1 Å². The molecule has 1 amide bonds. The van der Waals surface area contributed by atoms with E-state index in [0.29, 0.717) is 18.9 Å². The number of rotatable bonds is 6. The maximum atomic E-state index is 13.0. The van der Waals surface area contributed by atoms with E-state index in [0.717, 1.165) is 17.1 Å². The molecule has 8 heteroatoms. The average molecular weight is 370 g/mol. The van der Waals surface area contributed by atoms with Crippen molar-refractivity contribution in [3.05, 3.63) is 59.7 Å². The number of hydrogen-bond donors (Lipinski definition) is 0. The van der Waals surface area contributed by atoms with Crippen molar-refractivity contribution in [3.63, 3.8) is 0 Å². The Morgan fingerprint density at radius 1 is 1.26 bits per heavy atom. The van der Waals surface area contributed by atoms with Crippen LogP contribution >= 0.6 is 0 Å². The number of halogens is 1. The topological polar surface area (TPSA) is 68.8 Å². The highest BCUT2D eigenvalue weighted by Crippen LogP contribution is 2.13. The number of aromatic nitrogens is 5. The molecule has 0 aliphatic carbocycles. The lowest BCUT2D eigenvalue weighted by Crippen LogP contribution is -2.33. The van der Waals surface area contributed by atoms with E-state index in [9.17, 15) is 9.18 Å². The third-order valence-corrected chi connectivity index (χ3v) is 4.35. The van der Waals surface area contributed by atoms with E-state index < -0.39 is 0 Å².